The molecule has 6 nitrogen and oxygen atoms in total. The Balaban J connectivity index is 3.40. The van der Waals surface area contributed by atoms with Crippen molar-refractivity contribution in [1.29, 1.82) is 0 Å². The van der Waals surface area contributed by atoms with Crippen LogP contribution in [0.1, 0.15) is 309 Å². The van der Waals surface area contributed by atoms with Crippen molar-refractivity contribution in [2.24, 2.45) is 0 Å². The van der Waals surface area contributed by atoms with Crippen LogP contribution in [0.2, 0.25) is 0 Å². The zero-order chi connectivity index (χ0) is 45.1. The standard InChI is InChI=1S/C56H109NO5/c1-3-5-7-9-11-13-15-17-26-30-34-38-42-46-50-56(61)62-51-47-43-39-35-31-27-23-21-19-18-20-22-25-29-33-37-41-45-49-55(60)57-53(52-58)54(59)48-44-40-36-32-28-24-16-14-12-10-8-6-4-2/h15,17,53-54,58-59H,3-14,16,18-52H2,1-2H3,(H,57,60)/b17-15-. The molecular weight excluding hydrogens is 767 g/mol. The van der Waals surface area contributed by atoms with Gasteiger partial charge in [-0.15, -0.1) is 0 Å². The minimum atomic E-state index is -0.665. The van der Waals surface area contributed by atoms with Gasteiger partial charge < -0.3 is 20.3 Å². The number of esters is 1. The Kier molecular flexibility index (Phi) is 51.0. The number of amides is 1. The van der Waals surface area contributed by atoms with Crippen LogP contribution in [0.5, 0.6) is 0 Å². The summed E-state index contributed by atoms with van der Waals surface area (Å²) in [6.07, 6.45) is 60.5. The Hall–Kier alpha value is -1.40. The van der Waals surface area contributed by atoms with E-state index < -0.39 is 12.1 Å². The van der Waals surface area contributed by atoms with Crippen LogP contribution < -0.4 is 5.32 Å². The number of carbonyl (C=O) groups excluding carboxylic acids is 2. The summed E-state index contributed by atoms with van der Waals surface area (Å²) in [4.78, 5) is 24.5. The van der Waals surface area contributed by atoms with Gasteiger partial charge in [-0.3, -0.25) is 9.59 Å². The van der Waals surface area contributed by atoms with Gasteiger partial charge in [-0.05, 0) is 51.4 Å². The van der Waals surface area contributed by atoms with E-state index in [4.69, 9.17) is 4.74 Å². The van der Waals surface area contributed by atoms with Gasteiger partial charge in [0.25, 0.3) is 0 Å². The number of aliphatic hydroxyl groups excluding tert-OH is 2. The summed E-state index contributed by atoms with van der Waals surface area (Å²) in [7, 11) is 0. The lowest BCUT2D eigenvalue weighted by atomic mass is 10.0. The van der Waals surface area contributed by atoms with Crippen molar-refractivity contribution in [1.82, 2.24) is 5.32 Å². The van der Waals surface area contributed by atoms with Gasteiger partial charge in [-0.1, -0.05) is 257 Å². The van der Waals surface area contributed by atoms with Crippen molar-refractivity contribution >= 4 is 11.9 Å². The molecule has 0 radical (unpaired) electrons. The normalized spacial score (nSPS) is 12.6. The highest BCUT2D eigenvalue weighted by Gasteiger charge is 2.20. The van der Waals surface area contributed by atoms with E-state index in [2.05, 4.69) is 31.3 Å². The summed E-state index contributed by atoms with van der Waals surface area (Å²) in [6.45, 7) is 4.94. The molecule has 0 saturated carbocycles. The van der Waals surface area contributed by atoms with Crippen LogP contribution in [0.3, 0.4) is 0 Å². The number of aliphatic hydroxyl groups is 2. The average molecular weight is 876 g/mol. The Labute approximate surface area is 387 Å². The molecule has 3 N–H and O–H groups in total. The summed E-state index contributed by atoms with van der Waals surface area (Å²) >= 11 is 0. The van der Waals surface area contributed by atoms with Gasteiger partial charge in [0.2, 0.25) is 5.91 Å². The number of unbranched alkanes of at least 4 members (excludes halogenated alkanes) is 39. The van der Waals surface area contributed by atoms with E-state index in [1.54, 1.807) is 0 Å². The molecule has 0 spiro atoms. The quantitative estimate of drug-likeness (QED) is 0.0321. The van der Waals surface area contributed by atoms with E-state index in [-0.39, 0.29) is 18.5 Å². The SMILES string of the molecule is CCCCCCC/C=C\CCCCCCCC(=O)OCCCCCCCCCCCCCCCCCCCCC(=O)NC(CO)C(O)CCCCCCCCCCCCCCC. The molecule has 0 aromatic carbocycles. The van der Waals surface area contributed by atoms with Gasteiger partial charge in [-0.25, -0.2) is 0 Å². The van der Waals surface area contributed by atoms with E-state index >= 15 is 0 Å². The van der Waals surface area contributed by atoms with E-state index in [1.165, 1.54) is 231 Å². The van der Waals surface area contributed by atoms with Crippen LogP contribution in [-0.2, 0) is 14.3 Å². The number of ether oxygens (including phenoxy) is 1. The summed E-state index contributed by atoms with van der Waals surface area (Å²) in [5.41, 5.74) is 0. The second-order valence-electron chi connectivity index (χ2n) is 19.3. The molecule has 2 atom stereocenters. The van der Waals surface area contributed by atoms with Gasteiger partial charge in [0.05, 0.1) is 25.4 Å². The zero-order valence-electron chi connectivity index (χ0n) is 41.9. The molecule has 0 fully saturated rings. The van der Waals surface area contributed by atoms with Gasteiger partial charge in [0, 0.05) is 12.8 Å². The second-order valence-corrected chi connectivity index (χ2v) is 19.3. The first kappa shape index (κ1) is 60.6. The van der Waals surface area contributed by atoms with E-state index in [1.807, 2.05) is 0 Å². The Bertz CT molecular complexity index is 924. The van der Waals surface area contributed by atoms with E-state index in [0.29, 0.717) is 25.9 Å². The Morgan fingerprint density at radius 2 is 0.758 bits per heavy atom. The number of hydrogen-bond acceptors (Lipinski definition) is 5. The van der Waals surface area contributed by atoms with Crippen LogP contribution in [0.4, 0.5) is 0 Å². The molecule has 1 amide bonds. The van der Waals surface area contributed by atoms with Crippen molar-refractivity contribution < 1.29 is 24.5 Å². The van der Waals surface area contributed by atoms with Crippen molar-refractivity contribution in [3.05, 3.63) is 12.2 Å². The third-order valence-corrected chi connectivity index (χ3v) is 13.1. The van der Waals surface area contributed by atoms with Gasteiger partial charge >= 0.3 is 5.97 Å². The molecule has 0 aliphatic heterocycles. The first-order valence-corrected chi connectivity index (χ1v) is 27.9. The summed E-state index contributed by atoms with van der Waals surface area (Å²) in [6, 6.07) is -0.543. The van der Waals surface area contributed by atoms with Crippen LogP contribution in [0, 0.1) is 0 Å². The van der Waals surface area contributed by atoms with Gasteiger partial charge in [-0.2, -0.15) is 0 Å². The molecule has 0 bridgehead atoms. The van der Waals surface area contributed by atoms with Crippen molar-refractivity contribution in [2.75, 3.05) is 13.2 Å². The lowest BCUT2D eigenvalue weighted by molar-refractivity contribution is -0.143. The molecule has 0 aromatic rings. The topological polar surface area (TPSA) is 95.9 Å². The molecule has 0 heterocycles. The van der Waals surface area contributed by atoms with Crippen LogP contribution in [0.15, 0.2) is 12.2 Å². The molecule has 368 valence electrons. The fourth-order valence-electron chi connectivity index (χ4n) is 8.75. The molecule has 0 aliphatic carbocycles. The lowest BCUT2D eigenvalue weighted by Crippen LogP contribution is -2.45. The smallest absolute Gasteiger partial charge is 0.305 e. The first-order chi connectivity index (χ1) is 30.5. The fraction of sp³-hybridized carbons (Fsp3) is 0.929. The second kappa shape index (κ2) is 52.2. The monoisotopic (exact) mass is 876 g/mol. The number of allylic oxidation sites excluding steroid dienone is 2. The molecule has 0 rings (SSSR count). The van der Waals surface area contributed by atoms with Crippen LogP contribution in [-0.4, -0.2) is 47.4 Å². The largest absolute Gasteiger partial charge is 0.466 e. The summed E-state index contributed by atoms with van der Waals surface area (Å²) < 4.78 is 5.47. The van der Waals surface area contributed by atoms with Gasteiger partial charge in [0.15, 0.2) is 0 Å². The lowest BCUT2D eigenvalue weighted by Gasteiger charge is -2.22. The number of carbonyl (C=O) groups is 2. The van der Waals surface area contributed by atoms with Crippen LogP contribution >= 0.6 is 0 Å². The molecule has 0 aromatic heterocycles. The Morgan fingerprint density at radius 3 is 1.15 bits per heavy atom. The number of rotatable bonds is 52. The van der Waals surface area contributed by atoms with Gasteiger partial charge in [0.1, 0.15) is 0 Å². The molecule has 6 heteroatoms. The highest BCUT2D eigenvalue weighted by atomic mass is 16.5. The van der Waals surface area contributed by atoms with E-state index in [0.717, 1.165) is 44.9 Å². The highest BCUT2D eigenvalue weighted by Crippen LogP contribution is 2.17. The maximum Gasteiger partial charge on any atom is 0.305 e. The number of hydrogen-bond donors (Lipinski definition) is 3. The van der Waals surface area contributed by atoms with Crippen LogP contribution in [0.25, 0.3) is 0 Å². The first-order valence-electron chi connectivity index (χ1n) is 27.9. The minimum absolute atomic E-state index is 0.000865. The molecule has 0 aliphatic rings. The maximum absolute atomic E-state index is 12.4. The molecular formula is C56H109NO5. The zero-order valence-corrected chi connectivity index (χ0v) is 41.9. The maximum atomic E-state index is 12.4. The third kappa shape index (κ3) is 48.1. The molecule has 62 heavy (non-hydrogen) atoms. The highest BCUT2D eigenvalue weighted by molar-refractivity contribution is 5.76. The fourth-order valence-corrected chi connectivity index (χ4v) is 8.75. The van der Waals surface area contributed by atoms with E-state index in [9.17, 15) is 19.8 Å². The predicted octanol–water partition coefficient (Wildman–Crippen LogP) is 16.9. The predicted molar refractivity (Wildman–Crippen MR) is 269 cm³/mol. The van der Waals surface area contributed by atoms with Crippen molar-refractivity contribution in [3.63, 3.8) is 0 Å². The summed E-state index contributed by atoms with van der Waals surface area (Å²) in [5.74, 6) is -0.0391. The molecule has 0 saturated heterocycles. The van der Waals surface area contributed by atoms with Crippen molar-refractivity contribution in [2.45, 2.75) is 321 Å². The van der Waals surface area contributed by atoms with Crippen molar-refractivity contribution in [3.8, 4) is 0 Å². The minimum Gasteiger partial charge on any atom is -0.466 e. The average Bonchev–Trinajstić information content (AvgIpc) is 3.27. The number of nitrogens with one attached hydrogen (secondary N) is 1. The molecule has 2 unspecified atom stereocenters. The third-order valence-electron chi connectivity index (χ3n) is 13.1. The summed E-state index contributed by atoms with van der Waals surface area (Å²) in [5, 5.41) is 23.2. The Morgan fingerprint density at radius 1 is 0.435 bits per heavy atom.